The quantitative estimate of drug-likeness (QED) is 0.324. The standard InChI is InChI=1S/C24H25ClN2O6/c1-4-14(2)16-5-7-17(8-6-16)32-9-10-33-21-19(25)12-15(13-20(21)31-3)11-18-22(28)26-24(30)27-23(18)29/h5-8,11-14H,4,9-10H2,1-3H3,(H2,26,27,28,29,30). The Bertz CT molecular complexity index is 1060. The molecule has 1 aliphatic rings. The maximum Gasteiger partial charge on any atom is 0.328 e. The van der Waals surface area contributed by atoms with Gasteiger partial charge in [-0.2, -0.15) is 0 Å². The Morgan fingerprint density at radius 2 is 1.64 bits per heavy atom. The molecule has 2 aromatic rings. The lowest BCUT2D eigenvalue weighted by Gasteiger charge is -2.16. The summed E-state index contributed by atoms with van der Waals surface area (Å²) in [6, 6.07) is 10.2. The van der Waals surface area contributed by atoms with Crippen LogP contribution in [0.2, 0.25) is 5.02 Å². The van der Waals surface area contributed by atoms with Crippen molar-refractivity contribution < 1.29 is 28.6 Å². The number of carbonyl (C=O) groups is 3. The number of nitrogens with one attached hydrogen (secondary N) is 2. The maximum absolute atomic E-state index is 11.9. The molecule has 9 heteroatoms. The molecule has 0 aromatic heterocycles. The van der Waals surface area contributed by atoms with Crippen LogP contribution in [0.25, 0.3) is 6.08 Å². The Kier molecular flexibility index (Phi) is 7.95. The van der Waals surface area contributed by atoms with E-state index in [1.54, 1.807) is 6.07 Å². The molecule has 33 heavy (non-hydrogen) atoms. The number of hydrogen-bond acceptors (Lipinski definition) is 6. The number of carbonyl (C=O) groups excluding carboxylic acids is 3. The molecule has 8 nitrogen and oxygen atoms in total. The van der Waals surface area contributed by atoms with Crippen LogP contribution in [0.15, 0.2) is 42.0 Å². The van der Waals surface area contributed by atoms with E-state index in [1.165, 1.54) is 24.8 Å². The second-order valence-corrected chi connectivity index (χ2v) is 7.81. The summed E-state index contributed by atoms with van der Waals surface area (Å²) in [5.74, 6) is 0.278. The molecule has 174 valence electrons. The Labute approximate surface area is 196 Å². The topological polar surface area (TPSA) is 103 Å². The average Bonchev–Trinajstić information content (AvgIpc) is 2.79. The molecule has 0 radical (unpaired) electrons. The van der Waals surface area contributed by atoms with E-state index >= 15 is 0 Å². The van der Waals surface area contributed by atoms with Crippen LogP contribution in [0.4, 0.5) is 4.79 Å². The number of hydrogen-bond donors (Lipinski definition) is 2. The normalized spacial score (nSPS) is 14.3. The van der Waals surface area contributed by atoms with Gasteiger partial charge in [0.25, 0.3) is 11.8 Å². The number of rotatable bonds is 9. The van der Waals surface area contributed by atoms with Gasteiger partial charge in [0.05, 0.1) is 12.1 Å². The van der Waals surface area contributed by atoms with E-state index in [4.69, 9.17) is 25.8 Å². The van der Waals surface area contributed by atoms with Gasteiger partial charge in [0, 0.05) is 0 Å². The minimum absolute atomic E-state index is 0.219. The number of imide groups is 2. The third-order valence-electron chi connectivity index (χ3n) is 5.17. The summed E-state index contributed by atoms with van der Waals surface area (Å²) in [5, 5.41) is 4.25. The smallest absolute Gasteiger partial charge is 0.328 e. The molecule has 2 aromatic carbocycles. The first kappa shape index (κ1) is 24.1. The van der Waals surface area contributed by atoms with Gasteiger partial charge in [0.15, 0.2) is 11.5 Å². The maximum atomic E-state index is 11.9. The zero-order chi connectivity index (χ0) is 24.0. The van der Waals surface area contributed by atoms with Crippen LogP contribution in [0.3, 0.4) is 0 Å². The van der Waals surface area contributed by atoms with Crippen molar-refractivity contribution in [1.29, 1.82) is 0 Å². The summed E-state index contributed by atoms with van der Waals surface area (Å²) in [7, 11) is 1.45. The molecule has 1 fully saturated rings. The fourth-order valence-electron chi connectivity index (χ4n) is 3.17. The zero-order valence-corrected chi connectivity index (χ0v) is 19.3. The van der Waals surface area contributed by atoms with Gasteiger partial charge < -0.3 is 14.2 Å². The first-order valence-corrected chi connectivity index (χ1v) is 10.8. The van der Waals surface area contributed by atoms with Crippen LogP contribution in [0, 0.1) is 0 Å². The molecule has 1 atom stereocenters. The van der Waals surface area contributed by atoms with E-state index in [1.807, 2.05) is 22.8 Å². The summed E-state index contributed by atoms with van der Waals surface area (Å²) in [6.45, 7) is 4.85. The highest BCUT2D eigenvalue weighted by atomic mass is 35.5. The predicted octanol–water partition coefficient (Wildman–Crippen LogP) is 4.07. The Balaban J connectivity index is 1.64. The average molecular weight is 473 g/mol. The molecule has 2 N–H and O–H groups in total. The molecule has 0 bridgehead atoms. The highest BCUT2D eigenvalue weighted by Crippen LogP contribution is 2.37. The lowest BCUT2D eigenvalue weighted by Crippen LogP contribution is -2.51. The summed E-state index contributed by atoms with van der Waals surface area (Å²) in [4.78, 5) is 35.0. The fourth-order valence-corrected chi connectivity index (χ4v) is 3.44. The van der Waals surface area contributed by atoms with Crippen LogP contribution >= 0.6 is 11.6 Å². The van der Waals surface area contributed by atoms with Crippen molar-refractivity contribution in [2.45, 2.75) is 26.2 Å². The van der Waals surface area contributed by atoms with Crippen molar-refractivity contribution in [3.63, 3.8) is 0 Å². The van der Waals surface area contributed by atoms with Crippen LogP contribution in [0.1, 0.15) is 37.3 Å². The largest absolute Gasteiger partial charge is 0.493 e. The molecule has 1 saturated heterocycles. The highest BCUT2D eigenvalue weighted by Gasteiger charge is 2.28. The monoisotopic (exact) mass is 472 g/mol. The predicted molar refractivity (Wildman–Crippen MR) is 124 cm³/mol. The van der Waals surface area contributed by atoms with Crippen molar-refractivity contribution in [2.75, 3.05) is 20.3 Å². The fraction of sp³-hybridized carbons (Fsp3) is 0.292. The molecule has 1 aliphatic heterocycles. The SMILES string of the molecule is CCC(C)c1ccc(OCCOc2c(Cl)cc(C=C3C(=O)NC(=O)NC3=O)cc2OC)cc1. The number of urea groups is 1. The first-order chi connectivity index (χ1) is 15.8. The summed E-state index contributed by atoms with van der Waals surface area (Å²) in [5.41, 5.74) is 1.47. The number of ether oxygens (including phenoxy) is 3. The Hall–Kier alpha value is -3.52. The molecule has 1 heterocycles. The summed E-state index contributed by atoms with van der Waals surface area (Å²) < 4.78 is 16.8. The zero-order valence-electron chi connectivity index (χ0n) is 18.6. The second-order valence-electron chi connectivity index (χ2n) is 7.40. The van der Waals surface area contributed by atoms with Gasteiger partial charge in [-0.05, 0) is 53.8 Å². The minimum Gasteiger partial charge on any atom is -0.493 e. The van der Waals surface area contributed by atoms with Crippen molar-refractivity contribution in [1.82, 2.24) is 10.6 Å². The number of benzene rings is 2. The summed E-state index contributed by atoms with van der Waals surface area (Å²) >= 11 is 6.35. The van der Waals surface area contributed by atoms with Crippen LogP contribution < -0.4 is 24.8 Å². The number of amides is 4. The van der Waals surface area contributed by atoms with Crippen LogP contribution in [0.5, 0.6) is 17.2 Å². The van der Waals surface area contributed by atoms with E-state index in [9.17, 15) is 14.4 Å². The molecular weight excluding hydrogens is 448 g/mol. The van der Waals surface area contributed by atoms with E-state index in [0.717, 1.165) is 12.2 Å². The minimum atomic E-state index is -0.866. The van der Waals surface area contributed by atoms with E-state index in [0.29, 0.717) is 29.6 Å². The van der Waals surface area contributed by atoms with E-state index in [2.05, 4.69) is 26.0 Å². The van der Waals surface area contributed by atoms with Gasteiger partial charge in [-0.15, -0.1) is 0 Å². The molecule has 3 rings (SSSR count). The van der Waals surface area contributed by atoms with Crippen LogP contribution in [-0.2, 0) is 9.59 Å². The molecule has 4 amide bonds. The second kappa shape index (κ2) is 10.9. The third kappa shape index (κ3) is 6.04. The van der Waals surface area contributed by atoms with Gasteiger partial charge >= 0.3 is 6.03 Å². The molecule has 0 spiro atoms. The van der Waals surface area contributed by atoms with Crippen molar-refractivity contribution in [2.24, 2.45) is 0 Å². The first-order valence-electron chi connectivity index (χ1n) is 10.4. The lowest BCUT2D eigenvalue weighted by molar-refractivity contribution is -0.123. The van der Waals surface area contributed by atoms with Gasteiger partial charge in [-0.1, -0.05) is 37.6 Å². The number of barbiturate groups is 1. The summed E-state index contributed by atoms with van der Waals surface area (Å²) in [6.07, 6.45) is 2.38. The van der Waals surface area contributed by atoms with Crippen molar-refractivity contribution in [3.05, 3.63) is 58.1 Å². The third-order valence-corrected chi connectivity index (χ3v) is 5.45. The van der Waals surface area contributed by atoms with Crippen molar-refractivity contribution >= 4 is 35.5 Å². The van der Waals surface area contributed by atoms with Gasteiger partial charge in [0.1, 0.15) is 24.5 Å². The molecular formula is C24H25ClN2O6. The van der Waals surface area contributed by atoms with Gasteiger partial charge in [0.2, 0.25) is 0 Å². The number of halogens is 1. The number of methoxy groups -OCH3 is 1. The van der Waals surface area contributed by atoms with Gasteiger partial charge in [-0.25, -0.2) is 4.79 Å². The highest BCUT2D eigenvalue weighted by molar-refractivity contribution is 6.33. The van der Waals surface area contributed by atoms with Crippen LogP contribution in [-0.4, -0.2) is 38.2 Å². The Morgan fingerprint density at radius 1 is 1.00 bits per heavy atom. The Morgan fingerprint density at radius 3 is 2.24 bits per heavy atom. The lowest BCUT2D eigenvalue weighted by atomic mass is 9.99. The van der Waals surface area contributed by atoms with E-state index in [-0.39, 0.29) is 17.2 Å². The molecule has 1 unspecified atom stereocenters. The van der Waals surface area contributed by atoms with Gasteiger partial charge in [-0.3, -0.25) is 20.2 Å². The van der Waals surface area contributed by atoms with E-state index < -0.39 is 17.8 Å². The molecule has 0 aliphatic carbocycles. The molecule has 0 saturated carbocycles. The van der Waals surface area contributed by atoms with Crippen molar-refractivity contribution in [3.8, 4) is 17.2 Å².